The fourth-order valence-corrected chi connectivity index (χ4v) is 2.90. The molecular formula is C14H19N3. The molecule has 1 aromatic carbocycles. The highest BCUT2D eigenvalue weighted by atomic mass is 14.9. The van der Waals surface area contributed by atoms with E-state index in [4.69, 9.17) is 5.73 Å². The molecule has 0 amide bonds. The summed E-state index contributed by atoms with van der Waals surface area (Å²) in [4.78, 5) is 0. The van der Waals surface area contributed by atoms with Crippen molar-refractivity contribution in [2.75, 3.05) is 18.8 Å². The van der Waals surface area contributed by atoms with Crippen molar-refractivity contribution in [1.29, 1.82) is 0 Å². The predicted molar refractivity (Wildman–Crippen MR) is 72.2 cm³/mol. The zero-order chi connectivity index (χ0) is 11.8. The zero-order valence-corrected chi connectivity index (χ0v) is 10.2. The quantitative estimate of drug-likeness (QED) is 0.736. The Labute approximate surface area is 102 Å². The lowest BCUT2D eigenvalue weighted by molar-refractivity contribution is 0.462. The molecule has 0 unspecified atom stereocenters. The number of hydrogen-bond acceptors (Lipinski definition) is 2. The highest BCUT2D eigenvalue weighted by molar-refractivity contribution is 5.87. The first-order chi connectivity index (χ1) is 8.25. The third kappa shape index (κ3) is 1.80. The number of anilines is 1. The molecule has 0 radical (unpaired) electrons. The molecule has 1 fully saturated rings. The van der Waals surface area contributed by atoms with E-state index >= 15 is 0 Å². The van der Waals surface area contributed by atoms with E-state index in [0.717, 1.165) is 18.8 Å². The number of aryl methyl sites for hydroxylation is 1. The Hall–Kier alpha value is -1.48. The number of nitrogen functional groups attached to an aromatic ring is 1. The molecule has 3 N–H and O–H groups in total. The molecule has 90 valence electrons. The van der Waals surface area contributed by atoms with Gasteiger partial charge in [0.2, 0.25) is 0 Å². The molecule has 1 aliphatic heterocycles. The summed E-state index contributed by atoms with van der Waals surface area (Å²) in [6.07, 6.45) is 4.74. The SMILES string of the molecule is Cn1cc(C2CCNCC2)c2cc(N)ccc21. The minimum atomic E-state index is 0.682. The van der Waals surface area contributed by atoms with Gasteiger partial charge in [0.1, 0.15) is 0 Å². The summed E-state index contributed by atoms with van der Waals surface area (Å²) in [6.45, 7) is 2.26. The summed E-state index contributed by atoms with van der Waals surface area (Å²) in [7, 11) is 2.11. The van der Waals surface area contributed by atoms with Gasteiger partial charge >= 0.3 is 0 Å². The van der Waals surface area contributed by atoms with Crippen molar-refractivity contribution in [1.82, 2.24) is 9.88 Å². The molecule has 0 aliphatic carbocycles. The molecular weight excluding hydrogens is 210 g/mol. The van der Waals surface area contributed by atoms with E-state index in [9.17, 15) is 0 Å². The fraction of sp³-hybridized carbons (Fsp3) is 0.429. The number of aromatic nitrogens is 1. The summed E-state index contributed by atoms with van der Waals surface area (Å²) >= 11 is 0. The smallest absolute Gasteiger partial charge is 0.0482 e. The Morgan fingerprint density at radius 2 is 2.06 bits per heavy atom. The minimum absolute atomic E-state index is 0.682. The van der Waals surface area contributed by atoms with Crippen molar-refractivity contribution >= 4 is 16.6 Å². The standard InChI is InChI=1S/C14H19N3/c1-17-9-13(10-4-6-16-7-5-10)12-8-11(15)2-3-14(12)17/h2-3,8-10,16H,4-7,15H2,1H3. The van der Waals surface area contributed by atoms with Gasteiger partial charge in [-0.3, -0.25) is 0 Å². The predicted octanol–water partition coefficient (Wildman–Crippen LogP) is 2.23. The van der Waals surface area contributed by atoms with E-state index in [1.54, 1.807) is 0 Å². The Morgan fingerprint density at radius 1 is 1.29 bits per heavy atom. The van der Waals surface area contributed by atoms with Gasteiger partial charge in [0.15, 0.2) is 0 Å². The van der Waals surface area contributed by atoms with Crippen LogP contribution in [0.5, 0.6) is 0 Å². The normalized spacial score (nSPS) is 17.7. The van der Waals surface area contributed by atoms with Crippen LogP contribution in [-0.4, -0.2) is 17.7 Å². The van der Waals surface area contributed by atoms with Gasteiger partial charge in [-0.15, -0.1) is 0 Å². The van der Waals surface area contributed by atoms with Crippen molar-refractivity contribution in [3.63, 3.8) is 0 Å². The Kier molecular flexibility index (Phi) is 2.56. The van der Waals surface area contributed by atoms with E-state index < -0.39 is 0 Å². The van der Waals surface area contributed by atoms with Gasteiger partial charge in [-0.05, 0) is 55.6 Å². The number of benzene rings is 1. The second-order valence-electron chi connectivity index (χ2n) is 5.00. The maximum Gasteiger partial charge on any atom is 0.0482 e. The summed E-state index contributed by atoms with van der Waals surface area (Å²) in [6, 6.07) is 6.22. The fourth-order valence-electron chi connectivity index (χ4n) is 2.90. The number of nitrogens with one attached hydrogen (secondary N) is 1. The first-order valence-corrected chi connectivity index (χ1v) is 6.31. The zero-order valence-electron chi connectivity index (χ0n) is 10.2. The van der Waals surface area contributed by atoms with Crippen LogP contribution in [0.3, 0.4) is 0 Å². The molecule has 0 spiro atoms. The largest absolute Gasteiger partial charge is 0.399 e. The third-order valence-corrected chi connectivity index (χ3v) is 3.82. The van der Waals surface area contributed by atoms with Gasteiger partial charge in [-0.1, -0.05) is 0 Å². The van der Waals surface area contributed by atoms with Crippen LogP contribution >= 0.6 is 0 Å². The molecule has 1 saturated heterocycles. The van der Waals surface area contributed by atoms with E-state index in [1.165, 1.54) is 29.3 Å². The van der Waals surface area contributed by atoms with Crippen molar-refractivity contribution in [2.24, 2.45) is 7.05 Å². The van der Waals surface area contributed by atoms with Gasteiger partial charge in [-0.2, -0.15) is 0 Å². The first-order valence-electron chi connectivity index (χ1n) is 6.31. The molecule has 0 bridgehead atoms. The molecule has 17 heavy (non-hydrogen) atoms. The number of nitrogens with zero attached hydrogens (tertiary/aromatic N) is 1. The first kappa shape index (κ1) is 10.7. The molecule has 3 heteroatoms. The van der Waals surface area contributed by atoms with Crippen LogP contribution in [0.15, 0.2) is 24.4 Å². The van der Waals surface area contributed by atoms with Gasteiger partial charge < -0.3 is 15.6 Å². The average Bonchev–Trinajstić information content (AvgIpc) is 2.67. The topological polar surface area (TPSA) is 43.0 Å². The summed E-state index contributed by atoms with van der Waals surface area (Å²) < 4.78 is 2.21. The van der Waals surface area contributed by atoms with Crippen LogP contribution in [-0.2, 0) is 7.05 Å². The van der Waals surface area contributed by atoms with E-state index in [1.807, 2.05) is 6.07 Å². The van der Waals surface area contributed by atoms with Crippen LogP contribution in [0.2, 0.25) is 0 Å². The lowest BCUT2D eigenvalue weighted by Crippen LogP contribution is -2.26. The van der Waals surface area contributed by atoms with Crippen LogP contribution in [0.4, 0.5) is 5.69 Å². The second-order valence-corrected chi connectivity index (χ2v) is 5.00. The summed E-state index contributed by atoms with van der Waals surface area (Å²) in [5.74, 6) is 0.682. The van der Waals surface area contributed by atoms with Crippen molar-refractivity contribution in [3.05, 3.63) is 30.0 Å². The maximum absolute atomic E-state index is 5.91. The summed E-state index contributed by atoms with van der Waals surface area (Å²) in [5, 5.41) is 4.75. The Morgan fingerprint density at radius 3 is 2.82 bits per heavy atom. The minimum Gasteiger partial charge on any atom is -0.399 e. The molecule has 0 atom stereocenters. The lowest BCUT2D eigenvalue weighted by atomic mass is 9.90. The van der Waals surface area contributed by atoms with Crippen molar-refractivity contribution in [3.8, 4) is 0 Å². The molecule has 3 rings (SSSR count). The van der Waals surface area contributed by atoms with E-state index in [2.05, 4.69) is 35.3 Å². The molecule has 3 nitrogen and oxygen atoms in total. The van der Waals surface area contributed by atoms with Crippen molar-refractivity contribution < 1.29 is 0 Å². The van der Waals surface area contributed by atoms with Gasteiger partial charge in [-0.25, -0.2) is 0 Å². The molecule has 1 aliphatic rings. The Balaban J connectivity index is 2.11. The van der Waals surface area contributed by atoms with Gasteiger partial charge in [0.05, 0.1) is 0 Å². The number of rotatable bonds is 1. The second kappa shape index (κ2) is 4.08. The molecule has 2 aromatic rings. The lowest BCUT2D eigenvalue weighted by Gasteiger charge is -2.22. The van der Waals surface area contributed by atoms with Crippen LogP contribution in [0.1, 0.15) is 24.3 Å². The highest BCUT2D eigenvalue weighted by Crippen LogP contribution is 2.33. The molecule has 0 saturated carbocycles. The number of fused-ring (bicyclic) bond motifs is 1. The van der Waals surface area contributed by atoms with Gasteiger partial charge in [0.25, 0.3) is 0 Å². The number of piperidine rings is 1. The van der Waals surface area contributed by atoms with Crippen LogP contribution in [0, 0.1) is 0 Å². The number of nitrogens with two attached hydrogens (primary N) is 1. The Bertz CT molecular complexity index is 536. The van der Waals surface area contributed by atoms with E-state index in [-0.39, 0.29) is 0 Å². The van der Waals surface area contributed by atoms with Crippen LogP contribution < -0.4 is 11.1 Å². The van der Waals surface area contributed by atoms with Crippen LogP contribution in [0.25, 0.3) is 10.9 Å². The summed E-state index contributed by atoms with van der Waals surface area (Å²) in [5.41, 5.74) is 9.52. The van der Waals surface area contributed by atoms with Crippen molar-refractivity contribution in [2.45, 2.75) is 18.8 Å². The number of hydrogen-bond donors (Lipinski definition) is 2. The highest BCUT2D eigenvalue weighted by Gasteiger charge is 2.19. The molecule has 2 heterocycles. The average molecular weight is 229 g/mol. The van der Waals surface area contributed by atoms with E-state index in [0.29, 0.717) is 5.92 Å². The van der Waals surface area contributed by atoms with Gasteiger partial charge in [0, 0.05) is 29.8 Å². The monoisotopic (exact) mass is 229 g/mol. The molecule has 1 aromatic heterocycles. The maximum atomic E-state index is 5.91. The third-order valence-electron chi connectivity index (χ3n) is 3.82.